The van der Waals surface area contributed by atoms with Gasteiger partial charge in [0, 0.05) is 17.4 Å². The van der Waals surface area contributed by atoms with Crippen LogP contribution < -0.4 is 0 Å². The molecule has 1 atom stereocenters. The fourth-order valence-electron chi connectivity index (χ4n) is 2.39. The number of aliphatic hydroxyl groups excluding tert-OH is 1. The number of carbonyl (C=O) groups is 1. The van der Waals surface area contributed by atoms with Gasteiger partial charge in [0.1, 0.15) is 0 Å². The van der Waals surface area contributed by atoms with Crippen LogP contribution >= 0.6 is 23.2 Å². The van der Waals surface area contributed by atoms with E-state index in [1.165, 1.54) is 36.5 Å². The first-order valence-corrected chi connectivity index (χ1v) is 9.70. The molecule has 1 N–H and O–H groups in total. The zero-order valence-electron chi connectivity index (χ0n) is 13.2. The SMILES string of the molecule is O=C([C@H](O)c1ccc(Cl)cc1)n1ccc(S(=O)(=O)c2ccccc2Cl)c1. The molecular weight excluding hydrogens is 397 g/mol. The molecule has 0 spiro atoms. The van der Waals surface area contributed by atoms with Crippen molar-refractivity contribution in [2.75, 3.05) is 0 Å². The van der Waals surface area contributed by atoms with Crippen molar-refractivity contribution in [2.24, 2.45) is 0 Å². The monoisotopic (exact) mass is 409 g/mol. The van der Waals surface area contributed by atoms with Crippen LogP contribution in [0, 0.1) is 0 Å². The fraction of sp³-hybridized carbons (Fsp3) is 0.0556. The number of carbonyl (C=O) groups excluding carboxylic acids is 1. The maximum absolute atomic E-state index is 12.7. The van der Waals surface area contributed by atoms with Gasteiger partial charge in [0.15, 0.2) is 6.10 Å². The van der Waals surface area contributed by atoms with Crippen LogP contribution in [-0.2, 0) is 9.84 Å². The number of rotatable bonds is 4. The molecule has 0 bridgehead atoms. The summed E-state index contributed by atoms with van der Waals surface area (Å²) in [6.45, 7) is 0. The Hall–Kier alpha value is -2.12. The van der Waals surface area contributed by atoms with Crippen LogP contribution in [0.4, 0.5) is 0 Å². The summed E-state index contributed by atoms with van der Waals surface area (Å²) in [5.41, 5.74) is 0.351. The van der Waals surface area contributed by atoms with Gasteiger partial charge in [-0.1, -0.05) is 47.5 Å². The molecule has 0 saturated carbocycles. The van der Waals surface area contributed by atoms with E-state index in [-0.39, 0.29) is 14.8 Å². The zero-order valence-corrected chi connectivity index (χ0v) is 15.5. The average Bonchev–Trinajstić information content (AvgIpc) is 3.12. The zero-order chi connectivity index (χ0) is 18.9. The molecule has 3 rings (SSSR count). The summed E-state index contributed by atoms with van der Waals surface area (Å²) in [6.07, 6.45) is 0.987. The van der Waals surface area contributed by atoms with E-state index in [1.54, 1.807) is 24.3 Å². The van der Waals surface area contributed by atoms with Gasteiger partial charge in [0.25, 0.3) is 5.91 Å². The van der Waals surface area contributed by atoms with Crippen molar-refractivity contribution < 1.29 is 18.3 Å². The predicted molar refractivity (Wildman–Crippen MR) is 98.4 cm³/mol. The van der Waals surface area contributed by atoms with Gasteiger partial charge < -0.3 is 5.11 Å². The quantitative estimate of drug-likeness (QED) is 0.706. The first-order valence-electron chi connectivity index (χ1n) is 7.46. The average molecular weight is 410 g/mol. The first kappa shape index (κ1) is 18.7. The second-order valence-corrected chi connectivity index (χ2v) is 8.24. The number of hydrogen-bond acceptors (Lipinski definition) is 4. The molecular formula is C18H13Cl2NO4S. The topological polar surface area (TPSA) is 76.4 Å². The summed E-state index contributed by atoms with van der Waals surface area (Å²) in [4.78, 5) is 12.3. The van der Waals surface area contributed by atoms with Crippen molar-refractivity contribution in [3.63, 3.8) is 0 Å². The highest BCUT2D eigenvalue weighted by atomic mass is 35.5. The third-order valence-electron chi connectivity index (χ3n) is 3.78. The Morgan fingerprint density at radius 3 is 2.31 bits per heavy atom. The Labute approximate surface area is 160 Å². The summed E-state index contributed by atoms with van der Waals surface area (Å²) in [5.74, 6) is -0.687. The van der Waals surface area contributed by atoms with E-state index in [2.05, 4.69) is 0 Å². The van der Waals surface area contributed by atoms with Crippen molar-refractivity contribution in [2.45, 2.75) is 15.9 Å². The number of sulfone groups is 1. The summed E-state index contributed by atoms with van der Waals surface area (Å²) in [6, 6.07) is 13.5. The molecule has 8 heteroatoms. The van der Waals surface area contributed by atoms with E-state index in [0.29, 0.717) is 10.6 Å². The Balaban J connectivity index is 1.91. The van der Waals surface area contributed by atoms with E-state index in [0.717, 1.165) is 10.8 Å². The molecule has 0 radical (unpaired) electrons. The molecule has 0 fully saturated rings. The van der Waals surface area contributed by atoms with Gasteiger partial charge in [0.2, 0.25) is 9.84 Å². The number of benzene rings is 2. The Morgan fingerprint density at radius 1 is 1.00 bits per heavy atom. The van der Waals surface area contributed by atoms with Gasteiger partial charge in [0.05, 0.1) is 14.8 Å². The van der Waals surface area contributed by atoms with Crippen molar-refractivity contribution in [1.82, 2.24) is 4.57 Å². The minimum atomic E-state index is -3.88. The van der Waals surface area contributed by atoms with Gasteiger partial charge in [-0.2, -0.15) is 0 Å². The highest BCUT2D eigenvalue weighted by molar-refractivity contribution is 7.91. The van der Waals surface area contributed by atoms with Crippen LogP contribution in [-0.4, -0.2) is 24.0 Å². The molecule has 2 aromatic carbocycles. The number of aliphatic hydroxyl groups is 1. The summed E-state index contributed by atoms with van der Waals surface area (Å²) < 4.78 is 26.4. The maximum Gasteiger partial charge on any atom is 0.264 e. The largest absolute Gasteiger partial charge is 0.378 e. The lowest BCUT2D eigenvalue weighted by atomic mass is 10.1. The molecule has 0 aliphatic heterocycles. The second kappa shape index (κ2) is 7.25. The summed E-state index contributed by atoms with van der Waals surface area (Å²) in [7, 11) is -3.88. The van der Waals surface area contributed by atoms with Gasteiger partial charge in [-0.05, 0) is 35.9 Å². The summed E-state index contributed by atoms with van der Waals surface area (Å²) >= 11 is 11.8. The highest BCUT2D eigenvalue weighted by Gasteiger charge is 2.24. The maximum atomic E-state index is 12.7. The van der Waals surface area contributed by atoms with Gasteiger partial charge in [-0.25, -0.2) is 8.42 Å². The van der Waals surface area contributed by atoms with Crippen LogP contribution in [0.25, 0.3) is 0 Å². The predicted octanol–water partition coefficient (Wildman–Crippen LogP) is 4.00. The molecule has 1 aromatic heterocycles. The Kier molecular flexibility index (Phi) is 5.20. The van der Waals surface area contributed by atoms with Crippen molar-refractivity contribution in [1.29, 1.82) is 0 Å². The lowest BCUT2D eigenvalue weighted by molar-refractivity contribution is 0.0654. The van der Waals surface area contributed by atoms with Gasteiger partial charge in [-0.3, -0.25) is 9.36 Å². The third-order valence-corrected chi connectivity index (χ3v) is 6.27. The van der Waals surface area contributed by atoms with Gasteiger partial charge in [-0.15, -0.1) is 0 Å². The Bertz CT molecular complexity index is 1060. The van der Waals surface area contributed by atoms with Crippen LogP contribution in [0.3, 0.4) is 0 Å². The first-order chi connectivity index (χ1) is 12.3. The lowest BCUT2D eigenvalue weighted by Gasteiger charge is -2.10. The smallest absolute Gasteiger partial charge is 0.264 e. The van der Waals surface area contributed by atoms with Crippen LogP contribution in [0.15, 0.2) is 76.8 Å². The summed E-state index contributed by atoms with van der Waals surface area (Å²) in [5, 5.41) is 10.8. The van der Waals surface area contributed by atoms with E-state index in [1.807, 2.05) is 0 Å². The molecule has 0 aliphatic rings. The van der Waals surface area contributed by atoms with Crippen LogP contribution in [0.1, 0.15) is 16.5 Å². The van der Waals surface area contributed by atoms with Crippen LogP contribution in [0.5, 0.6) is 0 Å². The van der Waals surface area contributed by atoms with Crippen molar-refractivity contribution in [3.05, 3.63) is 82.6 Å². The second-order valence-electron chi connectivity index (χ2n) is 5.48. The molecule has 134 valence electrons. The molecule has 26 heavy (non-hydrogen) atoms. The van der Waals surface area contributed by atoms with E-state index in [4.69, 9.17) is 23.2 Å². The molecule has 0 amide bonds. The number of nitrogens with zero attached hydrogens (tertiary/aromatic N) is 1. The van der Waals surface area contributed by atoms with E-state index >= 15 is 0 Å². The molecule has 0 aliphatic carbocycles. The standard InChI is InChI=1S/C18H13Cl2NO4S/c19-13-7-5-12(6-8-13)17(22)18(23)21-10-9-14(11-21)26(24,25)16-4-2-1-3-15(16)20/h1-11,17,22H/t17-/m1/s1. The third kappa shape index (κ3) is 3.54. The van der Waals surface area contributed by atoms with Gasteiger partial charge >= 0.3 is 0 Å². The van der Waals surface area contributed by atoms with Crippen molar-refractivity contribution in [3.8, 4) is 0 Å². The molecule has 3 aromatic rings. The number of hydrogen-bond donors (Lipinski definition) is 1. The lowest BCUT2D eigenvalue weighted by Crippen LogP contribution is -2.18. The van der Waals surface area contributed by atoms with E-state index in [9.17, 15) is 18.3 Å². The van der Waals surface area contributed by atoms with Crippen LogP contribution in [0.2, 0.25) is 10.0 Å². The molecule has 1 heterocycles. The normalized spacial score (nSPS) is 12.7. The fourth-order valence-corrected chi connectivity index (χ4v) is 4.29. The molecule has 0 saturated heterocycles. The number of halogens is 2. The van der Waals surface area contributed by atoms with E-state index < -0.39 is 21.8 Å². The minimum absolute atomic E-state index is 0.0508. The van der Waals surface area contributed by atoms with Crippen molar-refractivity contribution >= 4 is 38.9 Å². The minimum Gasteiger partial charge on any atom is -0.378 e. The Morgan fingerprint density at radius 2 is 1.65 bits per heavy atom. The molecule has 0 unspecified atom stereocenters. The molecule has 5 nitrogen and oxygen atoms in total. The highest BCUT2D eigenvalue weighted by Crippen LogP contribution is 2.28. The number of aromatic nitrogens is 1.